The van der Waals surface area contributed by atoms with Gasteiger partial charge in [-0.2, -0.15) is 26.3 Å². The van der Waals surface area contributed by atoms with Gasteiger partial charge in [0.1, 0.15) is 0 Å². The van der Waals surface area contributed by atoms with Crippen molar-refractivity contribution in [3.05, 3.63) is 64.7 Å². The number of hydrogen-bond acceptors (Lipinski definition) is 3. The molecule has 0 aliphatic rings. The van der Waals surface area contributed by atoms with E-state index in [1.807, 2.05) is 0 Å². The second kappa shape index (κ2) is 7.95. The van der Waals surface area contributed by atoms with E-state index in [0.29, 0.717) is 17.9 Å². The maximum Gasteiger partial charge on any atom is 0.416 e. The average molecular weight is 404 g/mol. The van der Waals surface area contributed by atoms with Crippen LogP contribution in [0.25, 0.3) is 6.08 Å². The van der Waals surface area contributed by atoms with Crippen LogP contribution in [0.15, 0.2) is 42.5 Å². The van der Waals surface area contributed by atoms with Crippen molar-refractivity contribution in [3.8, 4) is 11.5 Å². The molecule has 0 saturated heterocycles. The predicted octanol–water partition coefficient (Wildman–Crippen LogP) is 5.64. The minimum absolute atomic E-state index is 0.0213. The summed E-state index contributed by atoms with van der Waals surface area (Å²) in [6, 6.07) is 5.28. The quantitative estimate of drug-likeness (QED) is 0.368. The highest BCUT2D eigenvalue weighted by atomic mass is 19.4. The van der Waals surface area contributed by atoms with Crippen LogP contribution in [-0.2, 0) is 12.4 Å². The molecule has 2 rings (SSSR count). The Bertz CT molecular complexity index is 865. The van der Waals surface area contributed by atoms with Crippen LogP contribution in [0.4, 0.5) is 26.3 Å². The van der Waals surface area contributed by atoms with Crippen molar-refractivity contribution < 1.29 is 40.6 Å². The first kappa shape index (κ1) is 21.3. The van der Waals surface area contributed by atoms with E-state index in [2.05, 4.69) is 0 Å². The fourth-order valence-corrected chi connectivity index (χ4v) is 2.33. The Hall–Kier alpha value is -2.97. The first-order valence-electron chi connectivity index (χ1n) is 7.69. The lowest BCUT2D eigenvalue weighted by atomic mass is 10.0. The molecule has 0 aromatic heterocycles. The number of carbonyl (C=O) groups excluding carboxylic acids is 1. The molecule has 2 aromatic carbocycles. The number of rotatable bonds is 5. The predicted molar refractivity (Wildman–Crippen MR) is 89.4 cm³/mol. The number of benzene rings is 2. The van der Waals surface area contributed by atoms with Crippen molar-refractivity contribution in [2.24, 2.45) is 0 Å². The monoisotopic (exact) mass is 404 g/mol. The van der Waals surface area contributed by atoms with Crippen molar-refractivity contribution in [1.29, 1.82) is 0 Å². The van der Waals surface area contributed by atoms with Crippen molar-refractivity contribution in [2.45, 2.75) is 12.4 Å². The lowest BCUT2D eigenvalue weighted by Gasteiger charge is -2.13. The first-order valence-corrected chi connectivity index (χ1v) is 7.69. The lowest BCUT2D eigenvalue weighted by molar-refractivity contribution is -0.143. The lowest BCUT2D eigenvalue weighted by Crippen LogP contribution is -2.11. The van der Waals surface area contributed by atoms with E-state index < -0.39 is 34.8 Å². The van der Waals surface area contributed by atoms with Crippen LogP contribution < -0.4 is 9.47 Å². The van der Waals surface area contributed by atoms with E-state index in [1.54, 1.807) is 0 Å². The highest BCUT2D eigenvalue weighted by molar-refractivity contribution is 6.07. The van der Waals surface area contributed by atoms with Gasteiger partial charge >= 0.3 is 12.4 Å². The van der Waals surface area contributed by atoms with E-state index in [4.69, 9.17) is 9.47 Å². The molecule has 0 spiro atoms. The molecular weight excluding hydrogens is 390 g/mol. The van der Waals surface area contributed by atoms with Gasteiger partial charge in [0.15, 0.2) is 17.3 Å². The second-order valence-electron chi connectivity index (χ2n) is 5.61. The van der Waals surface area contributed by atoms with Gasteiger partial charge in [-0.1, -0.05) is 6.08 Å². The van der Waals surface area contributed by atoms with Gasteiger partial charge in [-0.15, -0.1) is 0 Å². The van der Waals surface area contributed by atoms with Crippen LogP contribution in [0.5, 0.6) is 11.5 Å². The maximum atomic E-state index is 12.9. The van der Waals surface area contributed by atoms with Gasteiger partial charge in [-0.05, 0) is 48.0 Å². The summed E-state index contributed by atoms with van der Waals surface area (Å²) < 4.78 is 87.3. The van der Waals surface area contributed by atoms with E-state index in [-0.39, 0.29) is 17.4 Å². The number of hydrogen-bond donors (Lipinski definition) is 0. The number of carbonyl (C=O) groups is 1. The Balaban J connectivity index is 2.38. The molecule has 0 atom stereocenters. The standard InChI is InChI=1S/C19H14F6O3/c1-27-16-6-4-12(9-17(16)28-2)15(26)5-3-11-7-13(18(20,21)22)10-14(8-11)19(23,24)25/h3-10H,1-2H3/b5-3+. The molecule has 0 saturated carbocycles. The topological polar surface area (TPSA) is 35.5 Å². The highest BCUT2D eigenvalue weighted by Gasteiger charge is 2.36. The summed E-state index contributed by atoms with van der Waals surface area (Å²) in [5.74, 6) is -0.0252. The molecule has 150 valence electrons. The molecule has 0 radical (unpaired) electrons. The molecule has 0 bridgehead atoms. The summed E-state index contributed by atoms with van der Waals surface area (Å²) in [6.45, 7) is 0. The van der Waals surface area contributed by atoms with Crippen LogP contribution in [0.2, 0.25) is 0 Å². The Morgan fingerprint density at radius 2 is 1.36 bits per heavy atom. The molecule has 0 amide bonds. The zero-order chi connectivity index (χ0) is 21.1. The zero-order valence-electron chi connectivity index (χ0n) is 14.6. The third-order valence-corrected chi connectivity index (χ3v) is 3.71. The fraction of sp³-hybridized carbons (Fsp3) is 0.211. The van der Waals surface area contributed by atoms with Gasteiger partial charge < -0.3 is 9.47 Å². The van der Waals surface area contributed by atoms with Crippen molar-refractivity contribution in [2.75, 3.05) is 14.2 Å². The van der Waals surface area contributed by atoms with Crippen LogP contribution >= 0.6 is 0 Å². The van der Waals surface area contributed by atoms with Gasteiger partial charge in [0.2, 0.25) is 0 Å². The smallest absolute Gasteiger partial charge is 0.416 e. The Kier molecular flexibility index (Phi) is 6.06. The number of ketones is 1. The number of alkyl halides is 6. The Labute approximate surface area is 156 Å². The molecule has 2 aromatic rings. The molecule has 9 heteroatoms. The van der Waals surface area contributed by atoms with Crippen molar-refractivity contribution in [1.82, 2.24) is 0 Å². The van der Waals surface area contributed by atoms with Gasteiger partial charge in [-0.3, -0.25) is 4.79 Å². The Morgan fingerprint density at radius 1 is 0.821 bits per heavy atom. The summed E-state index contributed by atoms with van der Waals surface area (Å²) in [5, 5.41) is 0. The number of ether oxygens (including phenoxy) is 2. The van der Waals surface area contributed by atoms with Crippen LogP contribution in [0.1, 0.15) is 27.0 Å². The van der Waals surface area contributed by atoms with E-state index in [9.17, 15) is 31.1 Å². The number of methoxy groups -OCH3 is 2. The van der Waals surface area contributed by atoms with Gasteiger partial charge in [0.05, 0.1) is 25.3 Å². The van der Waals surface area contributed by atoms with Crippen LogP contribution in [0, 0.1) is 0 Å². The first-order chi connectivity index (χ1) is 13.0. The average Bonchev–Trinajstić information content (AvgIpc) is 2.63. The molecule has 0 heterocycles. The van der Waals surface area contributed by atoms with E-state index in [1.165, 1.54) is 32.4 Å². The fourth-order valence-electron chi connectivity index (χ4n) is 2.33. The highest BCUT2D eigenvalue weighted by Crippen LogP contribution is 2.36. The van der Waals surface area contributed by atoms with E-state index >= 15 is 0 Å². The number of halogens is 6. The number of allylic oxidation sites excluding steroid dienone is 1. The third-order valence-electron chi connectivity index (χ3n) is 3.71. The minimum atomic E-state index is -4.96. The summed E-state index contributed by atoms with van der Waals surface area (Å²) in [6.07, 6.45) is -8.14. The summed E-state index contributed by atoms with van der Waals surface area (Å²) in [4.78, 5) is 12.2. The molecular formula is C19H14F6O3. The van der Waals surface area contributed by atoms with Gasteiger partial charge in [0.25, 0.3) is 0 Å². The molecule has 3 nitrogen and oxygen atoms in total. The summed E-state index contributed by atoms with van der Waals surface area (Å²) in [5.41, 5.74) is -3.20. The minimum Gasteiger partial charge on any atom is -0.493 e. The normalized spacial score (nSPS) is 12.3. The molecule has 0 aliphatic carbocycles. The summed E-state index contributed by atoms with van der Waals surface area (Å²) >= 11 is 0. The molecule has 0 N–H and O–H groups in total. The maximum absolute atomic E-state index is 12.9. The molecule has 28 heavy (non-hydrogen) atoms. The van der Waals surface area contributed by atoms with Crippen molar-refractivity contribution in [3.63, 3.8) is 0 Å². The Morgan fingerprint density at radius 3 is 1.82 bits per heavy atom. The second-order valence-corrected chi connectivity index (χ2v) is 5.61. The van der Waals surface area contributed by atoms with Crippen LogP contribution in [0.3, 0.4) is 0 Å². The molecule has 0 aliphatic heterocycles. The summed E-state index contributed by atoms with van der Waals surface area (Å²) in [7, 11) is 2.74. The largest absolute Gasteiger partial charge is 0.493 e. The van der Waals surface area contributed by atoms with Gasteiger partial charge in [0, 0.05) is 5.56 Å². The zero-order valence-corrected chi connectivity index (χ0v) is 14.6. The van der Waals surface area contributed by atoms with E-state index in [0.717, 1.165) is 12.2 Å². The molecule has 0 fully saturated rings. The third kappa shape index (κ3) is 5.05. The SMILES string of the molecule is COc1ccc(C(=O)/C=C/c2cc(C(F)(F)F)cc(C(F)(F)F)c2)cc1OC. The van der Waals surface area contributed by atoms with Crippen LogP contribution in [-0.4, -0.2) is 20.0 Å². The molecule has 0 unspecified atom stereocenters. The van der Waals surface area contributed by atoms with Gasteiger partial charge in [-0.25, -0.2) is 0 Å². The van der Waals surface area contributed by atoms with Crippen molar-refractivity contribution >= 4 is 11.9 Å².